The topological polar surface area (TPSA) is 38.3 Å². The molecule has 1 saturated heterocycles. The molecular formula is C22H25BrFNO2. The van der Waals surface area contributed by atoms with E-state index in [1.165, 1.54) is 12.1 Å². The number of halogens is 2. The normalized spacial score (nSPS) is 25.4. The molecule has 1 N–H and O–H groups in total. The van der Waals surface area contributed by atoms with Crippen molar-refractivity contribution in [1.82, 2.24) is 5.32 Å². The van der Waals surface area contributed by atoms with Crippen LogP contribution in [0.2, 0.25) is 0 Å². The summed E-state index contributed by atoms with van der Waals surface area (Å²) in [6.07, 6.45) is 0.958. The van der Waals surface area contributed by atoms with Gasteiger partial charge in [-0.15, -0.1) is 0 Å². The van der Waals surface area contributed by atoms with Gasteiger partial charge < -0.3 is 10.1 Å². The van der Waals surface area contributed by atoms with Gasteiger partial charge in [-0.2, -0.15) is 0 Å². The Kier molecular flexibility index (Phi) is 6.02. The molecule has 1 amide bonds. The first-order chi connectivity index (χ1) is 12.8. The second-order valence-electron chi connectivity index (χ2n) is 7.83. The van der Waals surface area contributed by atoms with Crippen molar-refractivity contribution in [1.29, 1.82) is 0 Å². The lowest BCUT2D eigenvalue weighted by Gasteiger charge is -2.43. The molecule has 0 bridgehead atoms. The average Bonchev–Trinajstić information content (AvgIpc) is 2.62. The molecule has 144 valence electrons. The lowest BCUT2D eigenvalue weighted by atomic mass is 9.81. The first kappa shape index (κ1) is 20.0. The second kappa shape index (κ2) is 8.11. The number of rotatable bonds is 4. The van der Waals surface area contributed by atoms with E-state index >= 15 is 0 Å². The molecule has 5 heteroatoms. The van der Waals surface area contributed by atoms with E-state index in [0.717, 1.165) is 15.6 Å². The maximum atomic E-state index is 13.3. The van der Waals surface area contributed by atoms with Gasteiger partial charge in [0.2, 0.25) is 5.91 Å². The number of hydrogen-bond donors (Lipinski definition) is 1. The van der Waals surface area contributed by atoms with Crippen LogP contribution in [0.15, 0.2) is 53.0 Å². The summed E-state index contributed by atoms with van der Waals surface area (Å²) in [5, 5.41) is 3.21. The Bertz CT molecular complexity index is 735. The van der Waals surface area contributed by atoms with Crippen LogP contribution < -0.4 is 5.32 Å². The Balaban J connectivity index is 1.91. The molecule has 0 spiro atoms. The average molecular weight is 434 g/mol. The van der Waals surface area contributed by atoms with E-state index in [1.54, 1.807) is 12.1 Å². The van der Waals surface area contributed by atoms with Crippen LogP contribution in [-0.2, 0) is 9.53 Å². The number of nitrogens with one attached hydrogen (secondary N) is 1. The van der Waals surface area contributed by atoms with Crippen LogP contribution in [0.25, 0.3) is 0 Å². The third kappa shape index (κ3) is 4.96. The maximum absolute atomic E-state index is 13.3. The number of amides is 1. The van der Waals surface area contributed by atoms with Crippen LogP contribution in [-0.4, -0.2) is 11.4 Å². The fraction of sp³-hybridized carbons (Fsp3) is 0.409. The number of benzene rings is 2. The molecule has 1 heterocycles. The van der Waals surface area contributed by atoms with Crippen molar-refractivity contribution >= 4 is 21.8 Å². The Morgan fingerprint density at radius 3 is 2.04 bits per heavy atom. The fourth-order valence-corrected chi connectivity index (χ4v) is 3.75. The molecule has 2 aromatic rings. The molecule has 3 rings (SSSR count). The molecule has 1 aliphatic heterocycles. The van der Waals surface area contributed by atoms with Crippen molar-refractivity contribution in [2.24, 2.45) is 5.92 Å². The van der Waals surface area contributed by atoms with E-state index < -0.39 is 5.54 Å². The van der Waals surface area contributed by atoms with Crippen molar-refractivity contribution in [2.45, 2.75) is 51.4 Å². The third-order valence-corrected chi connectivity index (χ3v) is 5.56. The Hall–Kier alpha value is -1.72. The van der Waals surface area contributed by atoms with E-state index in [9.17, 15) is 9.18 Å². The minimum atomic E-state index is -0.406. The highest BCUT2D eigenvalue weighted by Crippen LogP contribution is 2.43. The van der Waals surface area contributed by atoms with Crippen molar-refractivity contribution < 1.29 is 13.9 Å². The van der Waals surface area contributed by atoms with E-state index in [1.807, 2.05) is 38.1 Å². The zero-order chi connectivity index (χ0) is 19.6. The largest absolute Gasteiger partial charge is 0.365 e. The Labute approximate surface area is 168 Å². The van der Waals surface area contributed by atoms with Crippen LogP contribution in [0.4, 0.5) is 4.39 Å². The van der Waals surface area contributed by atoms with Gasteiger partial charge >= 0.3 is 0 Å². The van der Waals surface area contributed by atoms with Gasteiger partial charge in [-0.05, 0) is 42.3 Å². The van der Waals surface area contributed by atoms with E-state index in [4.69, 9.17) is 4.74 Å². The minimum absolute atomic E-state index is 0.0341. The van der Waals surface area contributed by atoms with Gasteiger partial charge in [0.1, 0.15) is 5.82 Å². The van der Waals surface area contributed by atoms with Gasteiger partial charge in [0, 0.05) is 28.8 Å². The van der Waals surface area contributed by atoms with Crippen molar-refractivity contribution in [3.05, 3.63) is 69.9 Å². The third-order valence-electron chi connectivity index (χ3n) is 5.03. The molecule has 0 aromatic heterocycles. The zero-order valence-electron chi connectivity index (χ0n) is 15.8. The van der Waals surface area contributed by atoms with Gasteiger partial charge in [0.05, 0.1) is 12.2 Å². The predicted molar refractivity (Wildman–Crippen MR) is 108 cm³/mol. The van der Waals surface area contributed by atoms with Crippen LogP contribution >= 0.6 is 15.9 Å². The summed E-state index contributed by atoms with van der Waals surface area (Å²) >= 11 is 3.46. The summed E-state index contributed by atoms with van der Waals surface area (Å²) < 4.78 is 20.7. The minimum Gasteiger partial charge on any atom is -0.365 e. The summed E-state index contributed by atoms with van der Waals surface area (Å²) in [5.41, 5.74) is 1.58. The van der Waals surface area contributed by atoms with Crippen LogP contribution in [0.5, 0.6) is 0 Å². The van der Waals surface area contributed by atoms with Crippen molar-refractivity contribution in [3.63, 3.8) is 0 Å². The van der Waals surface area contributed by atoms with E-state index in [0.29, 0.717) is 12.8 Å². The Morgan fingerprint density at radius 1 is 1.07 bits per heavy atom. The summed E-state index contributed by atoms with van der Waals surface area (Å²) in [6.45, 7) is 5.85. The second-order valence-corrected chi connectivity index (χ2v) is 8.75. The molecule has 0 unspecified atom stereocenters. The van der Waals surface area contributed by atoms with Gasteiger partial charge in [0.15, 0.2) is 0 Å². The van der Waals surface area contributed by atoms with Gasteiger partial charge in [-0.3, -0.25) is 4.79 Å². The zero-order valence-corrected chi connectivity index (χ0v) is 17.4. The van der Waals surface area contributed by atoms with E-state index in [2.05, 4.69) is 28.2 Å². The van der Waals surface area contributed by atoms with E-state index in [-0.39, 0.29) is 29.9 Å². The van der Waals surface area contributed by atoms with Crippen molar-refractivity contribution in [3.8, 4) is 0 Å². The molecular weight excluding hydrogens is 409 g/mol. The predicted octanol–water partition coefficient (Wildman–Crippen LogP) is 5.71. The number of carbonyl (C=O) groups is 1. The first-order valence-corrected chi connectivity index (χ1v) is 10.0. The quantitative estimate of drug-likeness (QED) is 0.669. The first-order valence-electron chi connectivity index (χ1n) is 9.24. The fourth-order valence-electron chi connectivity index (χ4n) is 3.49. The molecule has 0 saturated carbocycles. The number of carbonyl (C=O) groups excluding carboxylic acids is 1. The molecule has 1 aliphatic rings. The number of hydrogen-bond acceptors (Lipinski definition) is 2. The SMILES string of the molecule is CC(C)C(=O)N[C@@]1(C)C[C@@H](c2ccc(F)cc2)O[C@@H](c2ccc(Br)cc2)C1. The molecule has 0 radical (unpaired) electrons. The van der Waals surface area contributed by atoms with Crippen LogP contribution in [0.3, 0.4) is 0 Å². The summed E-state index contributed by atoms with van der Waals surface area (Å²) in [7, 11) is 0. The smallest absolute Gasteiger partial charge is 0.222 e. The van der Waals surface area contributed by atoms with Crippen LogP contribution in [0.1, 0.15) is 56.9 Å². The van der Waals surface area contributed by atoms with Gasteiger partial charge in [-0.1, -0.05) is 54.0 Å². The van der Waals surface area contributed by atoms with Gasteiger partial charge in [0.25, 0.3) is 0 Å². The highest BCUT2D eigenvalue weighted by atomic mass is 79.9. The standard InChI is InChI=1S/C22H25BrFNO2/c1-14(2)21(26)25-22(3)12-19(15-4-8-17(23)9-5-15)27-20(13-22)16-6-10-18(24)11-7-16/h4-11,14,19-20H,12-13H2,1-3H3,(H,25,26)/t19-,20+,22-/m1/s1. The lowest BCUT2D eigenvalue weighted by Crippen LogP contribution is -2.52. The van der Waals surface area contributed by atoms with Gasteiger partial charge in [-0.25, -0.2) is 4.39 Å². The Morgan fingerprint density at radius 2 is 1.56 bits per heavy atom. The molecule has 3 atom stereocenters. The van der Waals surface area contributed by atoms with Crippen LogP contribution in [0, 0.1) is 11.7 Å². The summed E-state index contributed by atoms with van der Waals surface area (Å²) in [6, 6.07) is 14.5. The highest BCUT2D eigenvalue weighted by Gasteiger charge is 2.40. The summed E-state index contributed by atoms with van der Waals surface area (Å²) in [4.78, 5) is 12.4. The molecule has 2 aromatic carbocycles. The van der Waals surface area contributed by atoms with Crippen molar-refractivity contribution in [2.75, 3.05) is 0 Å². The highest BCUT2D eigenvalue weighted by molar-refractivity contribution is 9.10. The molecule has 27 heavy (non-hydrogen) atoms. The lowest BCUT2D eigenvalue weighted by molar-refractivity contribution is -0.131. The molecule has 0 aliphatic carbocycles. The molecule has 3 nitrogen and oxygen atoms in total. The maximum Gasteiger partial charge on any atom is 0.222 e. The monoisotopic (exact) mass is 433 g/mol. The summed E-state index contributed by atoms with van der Waals surface area (Å²) in [5.74, 6) is -0.318. The molecule has 1 fully saturated rings. The number of ether oxygens (including phenoxy) is 1.